The number of nitro groups is 1. The van der Waals surface area contributed by atoms with Crippen molar-refractivity contribution in [1.29, 1.82) is 0 Å². The van der Waals surface area contributed by atoms with Gasteiger partial charge in [0.05, 0.1) is 27.5 Å². The number of hydrogen-bond donors (Lipinski definition) is 1. The number of hydrogen-bond acceptors (Lipinski definition) is 7. The van der Waals surface area contributed by atoms with Crippen molar-refractivity contribution in [2.75, 3.05) is 4.90 Å². The number of benzene rings is 3. The first-order chi connectivity index (χ1) is 19.9. The summed E-state index contributed by atoms with van der Waals surface area (Å²) in [6.45, 7) is 0. The van der Waals surface area contributed by atoms with Crippen molar-refractivity contribution >= 4 is 46.3 Å². The van der Waals surface area contributed by atoms with Crippen LogP contribution in [0.5, 0.6) is 0 Å². The van der Waals surface area contributed by atoms with E-state index in [1.807, 2.05) is 18.2 Å². The Labute approximate surface area is 242 Å². The third-order valence-electron chi connectivity index (χ3n) is 9.42. The molecule has 0 radical (unpaired) electrons. The van der Waals surface area contributed by atoms with Crippen molar-refractivity contribution < 1.29 is 14.5 Å². The van der Waals surface area contributed by atoms with Gasteiger partial charge < -0.3 is 4.98 Å². The number of anilines is 1. The number of H-pyrrole nitrogens is 1. The number of fused-ring (bicyclic) bond motifs is 9. The monoisotopic (exact) mass is 581 g/mol. The number of nitrogens with zero attached hydrogens (tertiary/aromatic N) is 2. The molecule has 3 aromatic carbocycles. The molecular weight excluding hydrogens is 558 g/mol. The number of aromatic amines is 1. The molecule has 1 aromatic heterocycles. The molecule has 10 heteroatoms. The zero-order valence-electron chi connectivity index (χ0n) is 21.5. The average Bonchev–Trinajstić information content (AvgIpc) is 3.72. The number of aromatic nitrogens is 1. The highest BCUT2D eigenvalue weighted by Gasteiger charge is 2.69. The molecule has 2 aliphatic heterocycles. The fourth-order valence-electron chi connectivity index (χ4n) is 7.88. The minimum Gasteiger partial charge on any atom is -0.307 e. The van der Waals surface area contributed by atoms with Crippen molar-refractivity contribution in [3.63, 3.8) is 0 Å². The SMILES string of the molecule is O=C1C2C(C(=O)N1c1ccc([N+](=O)[O-])cc1)[C@@H]1C[C@H]2C2Sc3[nH]c(=O)sc3C(c3ccc(-c4ccccc4)cc3)C21. The second-order valence-corrected chi connectivity index (χ2v) is 13.4. The van der Waals surface area contributed by atoms with Gasteiger partial charge in [0.2, 0.25) is 11.8 Å². The standard InChI is InChI=1S/C31H23N3O5S2/c35-29-24-20-14-21(25(24)30(36)33(29)18-10-12-19(13-11-18)34(38)39)26-23(20)22(27-28(40-26)32-31(37)41-27)17-8-6-16(7-9-17)15-4-2-1-3-5-15/h1-13,20-26H,14H2,(H,32,37)/t20-,21-,22?,23?,24?,25?,26?/m1/s1. The Morgan fingerprint density at radius 2 is 1.49 bits per heavy atom. The van der Waals surface area contributed by atoms with E-state index in [1.54, 1.807) is 11.8 Å². The zero-order valence-corrected chi connectivity index (χ0v) is 23.1. The van der Waals surface area contributed by atoms with Crippen molar-refractivity contribution in [1.82, 2.24) is 4.98 Å². The number of thioether (sulfide) groups is 1. The van der Waals surface area contributed by atoms with Crippen LogP contribution in [0.15, 0.2) is 88.7 Å². The summed E-state index contributed by atoms with van der Waals surface area (Å²) in [5.41, 5.74) is 3.65. The number of thiazole rings is 1. The maximum atomic E-state index is 13.9. The summed E-state index contributed by atoms with van der Waals surface area (Å²) < 4.78 is 0. The summed E-state index contributed by atoms with van der Waals surface area (Å²) in [7, 11) is 0. The van der Waals surface area contributed by atoms with Gasteiger partial charge in [-0.2, -0.15) is 0 Å². The van der Waals surface area contributed by atoms with Gasteiger partial charge in [-0.05, 0) is 53.0 Å². The van der Waals surface area contributed by atoms with Gasteiger partial charge in [0, 0.05) is 28.2 Å². The number of rotatable bonds is 4. The minimum absolute atomic E-state index is 0.00569. The number of non-ortho nitro benzene ring substituents is 1. The van der Waals surface area contributed by atoms with Crippen LogP contribution in [0.2, 0.25) is 0 Å². The molecule has 8 rings (SSSR count). The molecule has 1 saturated heterocycles. The predicted molar refractivity (Wildman–Crippen MR) is 156 cm³/mol. The maximum absolute atomic E-state index is 13.9. The van der Waals surface area contributed by atoms with Crippen LogP contribution in [0.25, 0.3) is 11.1 Å². The Morgan fingerprint density at radius 1 is 0.829 bits per heavy atom. The summed E-state index contributed by atoms with van der Waals surface area (Å²) in [5, 5.41) is 12.1. The van der Waals surface area contributed by atoms with Crippen LogP contribution in [0, 0.1) is 39.7 Å². The molecule has 41 heavy (non-hydrogen) atoms. The largest absolute Gasteiger partial charge is 0.307 e. The minimum atomic E-state index is -0.496. The van der Waals surface area contributed by atoms with Crippen molar-refractivity contribution in [2.45, 2.75) is 22.6 Å². The van der Waals surface area contributed by atoms with E-state index in [-0.39, 0.29) is 51.3 Å². The topological polar surface area (TPSA) is 113 Å². The first-order valence-electron chi connectivity index (χ1n) is 13.6. The van der Waals surface area contributed by atoms with Gasteiger partial charge in [-0.3, -0.25) is 29.4 Å². The van der Waals surface area contributed by atoms with E-state index in [4.69, 9.17) is 0 Å². The molecule has 204 valence electrons. The second kappa shape index (κ2) is 8.99. The quantitative estimate of drug-likeness (QED) is 0.188. The molecule has 2 aliphatic carbocycles. The smallest absolute Gasteiger partial charge is 0.305 e. The number of imide groups is 1. The van der Waals surface area contributed by atoms with Gasteiger partial charge in [-0.1, -0.05) is 65.9 Å². The number of carbonyl (C=O) groups is 2. The van der Waals surface area contributed by atoms with Gasteiger partial charge in [-0.25, -0.2) is 0 Å². The molecule has 2 saturated carbocycles. The summed E-state index contributed by atoms with van der Waals surface area (Å²) in [5.74, 6) is -1.17. The lowest BCUT2D eigenvalue weighted by Gasteiger charge is -2.43. The van der Waals surface area contributed by atoms with Gasteiger partial charge in [-0.15, -0.1) is 11.8 Å². The van der Waals surface area contributed by atoms with E-state index in [2.05, 4.69) is 41.4 Å². The summed E-state index contributed by atoms with van der Waals surface area (Å²) in [6, 6.07) is 24.3. The molecule has 2 bridgehead atoms. The summed E-state index contributed by atoms with van der Waals surface area (Å²) >= 11 is 2.91. The van der Waals surface area contributed by atoms with Crippen molar-refractivity contribution in [3.05, 3.63) is 109 Å². The molecule has 3 heterocycles. The molecule has 3 fully saturated rings. The average molecular weight is 582 g/mol. The lowest BCUT2D eigenvalue weighted by molar-refractivity contribution is -0.384. The Morgan fingerprint density at radius 3 is 2.17 bits per heavy atom. The Kier molecular flexibility index (Phi) is 5.43. The number of nitrogens with one attached hydrogen (secondary N) is 1. The van der Waals surface area contributed by atoms with E-state index >= 15 is 0 Å². The molecular formula is C31H23N3O5S2. The summed E-state index contributed by atoms with van der Waals surface area (Å²) in [6.07, 6.45) is 0.807. The Balaban J connectivity index is 1.17. The lowest BCUT2D eigenvalue weighted by Crippen LogP contribution is -2.42. The van der Waals surface area contributed by atoms with E-state index < -0.39 is 16.8 Å². The molecule has 5 unspecified atom stereocenters. The maximum Gasteiger partial charge on any atom is 0.305 e. The fraction of sp³-hybridized carbons (Fsp3) is 0.258. The van der Waals surface area contributed by atoms with E-state index in [9.17, 15) is 24.5 Å². The van der Waals surface area contributed by atoms with Crippen LogP contribution in [0.3, 0.4) is 0 Å². The number of nitro benzene ring substituents is 1. The lowest BCUT2D eigenvalue weighted by atomic mass is 9.68. The van der Waals surface area contributed by atoms with Crippen LogP contribution in [-0.4, -0.2) is 27.0 Å². The van der Waals surface area contributed by atoms with E-state index in [0.717, 1.165) is 33.0 Å². The van der Waals surface area contributed by atoms with Crippen molar-refractivity contribution in [2.24, 2.45) is 29.6 Å². The first-order valence-corrected chi connectivity index (χ1v) is 15.3. The molecule has 8 nitrogen and oxygen atoms in total. The van der Waals surface area contributed by atoms with Crippen LogP contribution in [0.4, 0.5) is 11.4 Å². The van der Waals surface area contributed by atoms with E-state index in [0.29, 0.717) is 5.69 Å². The second-order valence-electron chi connectivity index (χ2n) is 11.2. The first kappa shape index (κ1) is 24.8. The van der Waals surface area contributed by atoms with Gasteiger partial charge >= 0.3 is 4.87 Å². The zero-order chi connectivity index (χ0) is 28.0. The Bertz CT molecular complexity index is 1780. The number of amides is 2. The third kappa shape index (κ3) is 3.56. The molecule has 0 spiro atoms. The predicted octanol–water partition coefficient (Wildman–Crippen LogP) is 5.69. The molecule has 7 atom stereocenters. The van der Waals surface area contributed by atoms with Crippen LogP contribution in [0.1, 0.15) is 22.8 Å². The van der Waals surface area contributed by atoms with Gasteiger partial charge in [0.15, 0.2) is 0 Å². The van der Waals surface area contributed by atoms with Gasteiger partial charge in [0.25, 0.3) is 5.69 Å². The van der Waals surface area contributed by atoms with E-state index in [1.165, 1.54) is 40.5 Å². The summed E-state index contributed by atoms with van der Waals surface area (Å²) in [4.78, 5) is 56.0. The molecule has 4 aromatic rings. The van der Waals surface area contributed by atoms with Crippen LogP contribution in [-0.2, 0) is 9.59 Å². The third-order valence-corrected chi connectivity index (χ3v) is 12.0. The van der Waals surface area contributed by atoms with Crippen LogP contribution >= 0.6 is 23.1 Å². The van der Waals surface area contributed by atoms with Gasteiger partial charge in [0.1, 0.15) is 0 Å². The fourth-order valence-corrected chi connectivity index (χ4v) is 10.8. The molecule has 4 aliphatic rings. The molecule has 1 N–H and O–H groups in total. The number of carbonyl (C=O) groups excluding carboxylic acids is 2. The normalized spacial score (nSPS) is 29.4. The van der Waals surface area contributed by atoms with Crippen LogP contribution < -0.4 is 9.77 Å². The highest BCUT2D eigenvalue weighted by Crippen LogP contribution is 2.68. The Hall–Kier alpha value is -4.02. The molecule has 2 amide bonds. The highest BCUT2D eigenvalue weighted by atomic mass is 32.2. The highest BCUT2D eigenvalue weighted by molar-refractivity contribution is 8.00. The van der Waals surface area contributed by atoms with Crippen molar-refractivity contribution in [3.8, 4) is 11.1 Å².